The zero-order valence-electron chi connectivity index (χ0n) is 14.6. The lowest BCUT2D eigenvalue weighted by atomic mass is 9.54. The largest absolute Gasteiger partial charge is 0.388 e. The van der Waals surface area contributed by atoms with E-state index in [0.717, 1.165) is 0 Å². The Morgan fingerprint density at radius 2 is 1.91 bits per heavy atom. The number of aromatic nitrogens is 2. The molecule has 23 heavy (non-hydrogen) atoms. The first-order valence-corrected chi connectivity index (χ1v) is 9.01. The van der Waals surface area contributed by atoms with Crippen molar-refractivity contribution in [2.45, 2.75) is 51.9 Å². The summed E-state index contributed by atoms with van der Waals surface area (Å²) < 4.78 is 1.66. The van der Waals surface area contributed by atoms with Gasteiger partial charge >= 0.3 is 0 Å². The van der Waals surface area contributed by atoms with Gasteiger partial charge in [-0.3, -0.25) is 0 Å². The van der Waals surface area contributed by atoms with Gasteiger partial charge in [-0.05, 0) is 74.1 Å². The third-order valence-corrected chi connectivity index (χ3v) is 5.56. The maximum atomic E-state index is 4.69. The summed E-state index contributed by atoms with van der Waals surface area (Å²) in [6.45, 7) is 6.15. The molecule has 0 saturated heterocycles. The maximum Gasteiger partial charge on any atom is 0.0770 e. The highest BCUT2D eigenvalue weighted by Gasteiger charge is 2.63. The Bertz CT molecular complexity index is 692. The summed E-state index contributed by atoms with van der Waals surface area (Å²) in [5.41, 5.74) is 5.72. The van der Waals surface area contributed by atoms with Crippen molar-refractivity contribution in [1.82, 2.24) is 9.19 Å². The molecule has 124 valence electrons. The monoisotopic (exact) mass is 329 g/mol. The number of nitrogens with one attached hydrogen (secondary N) is 1. The van der Waals surface area contributed by atoms with Gasteiger partial charge < -0.3 is 5.32 Å². The lowest BCUT2D eigenvalue weighted by molar-refractivity contribution is 0.152. The van der Waals surface area contributed by atoms with Crippen molar-refractivity contribution in [3.05, 3.63) is 47.3 Å². The molecule has 1 heterocycles. The first-order chi connectivity index (χ1) is 11.1. The molecule has 1 spiro atoms. The number of benzene rings is 1. The zero-order valence-corrected chi connectivity index (χ0v) is 15.5. The van der Waals surface area contributed by atoms with Crippen LogP contribution >= 0.6 is 12.8 Å². The molecule has 2 fully saturated rings. The average Bonchev–Trinajstić information content (AvgIpc) is 3.26. The second kappa shape index (κ2) is 5.90. The van der Waals surface area contributed by atoms with E-state index in [1.165, 1.54) is 48.2 Å². The van der Waals surface area contributed by atoms with E-state index in [1.54, 1.807) is 4.09 Å². The summed E-state index contributed by atoms with van der Waals surface area (Å²) in [7, 11) is 1.97. The lowest BCUT2D eigenvalue weighted by Crippen LogP contribution is -2.44. The first-order valence-electron chi connectivity index (χ1n) is 8.61. The lowest BCUT2D eigenvalue weighted by Gasteiger charge is -2.48. The molecule has 1 aromatic carbocycles. The standard InChI is InChI=1S/C17H21N3S.C2H6/c1-12-9-20(21)19-15(12)17(10-16(11-17)6-7-16)13-4-3-5-14(8-13)18-2;1-2/h3-5,8-9,18,21H,6-7,10-11H2,1-2H3;1-2H3. The van der Waals surface area contributed by atoms with Gasteiger partial charge in [-0.2, -0.15) is 5.10 Å². The van der Waals surface area contributed by atoms with Crippen LogP contribution in [-0.2, 0) is 5.41 Å². The number of rotatable bonds is 3. The van der Waals surface area contributed by atoms with E-state index in [2.05, 4.69) is 49.3 Å². The number of hydrogen-bond donors (Lipinski definition) is 2. The minimum atomic E-state index is 0.0847. The molecule has 0 radical (unpaired) electrons. The molecule has 2 aliphatic rings. The topological polar surface area (TPSA) is 29.9 Å². The maximum absolute atomic E-state index is 4.69. The van der Waals surface area contributed by atoms with Crippen LogP contribution in [0.4, 0.5) is 5.69 Å². The van der Waals surface area contributed by atoms with Crippen LogP contribution in [0.25, 0.3) is 0 Å². The second-order valence-electron chi connectivity index (χ2n) is 6.85. The molecule has 1 aromatic heterocycles. The molecule has 0 unspecified atom stereocenters. The van der Waals surface area contributed by atoms with Gasteiger partial charge in [0.15, 0.2) is 0 Å². The molecule has 2 saturated carbocycles. The Labute approximate surface area is 145 Å². The summed E-state index contributed by atoms with van der Waals surface area (Å²) in [5, 5.41) is 7.94. The molecule has 0 atom stereocenters. The Morgan fingerprint density at radius 1 is 1.22 bits per heavy atom. The molecule has 4 heteroatoms. The van der Waals surface area contributed by atoms with Crippen LogP contribution in [0.1, 0.15) is 56.4 Å². The van der Waals surface area contributed by atoms with Crippen molar-refractivity contribution in [2.24, 2.45) is 5.41 Å². The van der Waals surface area contributed by atoms with Crippen molar-refractivity contribution in [3.8, 4) is 0 Å². The highest BCUT2D eigenvalue weighted by atomic mass is 32.1. The van der Waals surface area contributed by atoms with Crippen LogP contribution in [0.15, 0.2) is 30.5 Å². The Morgan fingerprint density at radius 3 is 2.43 bits per heavy atom. The van der Waals surface area contributed by atoms with Gasteiger partial charge in [0, 0.05) is 24.3 Å². The van der Waals surface area contributed by atoms with Gasteiger partial charge in [-0.15, -0.1) is 0 Å². The number of anilines is 1. The van der Waals surface area contributed by atoms with Crippen molar-refractivity contribution in [3.63, 3.8) is 0 Å². The van der Waals surface area contributed by atoms with E-state index < -0.39 is 0 Å². The third kappa shape index (κ3) is 2.67. The van der Waals surface area contributed by atoms with E-state index >= 15 is 0 Å². The van der Waals surface area contributed by atoms with E-state index in [9.17, 15) is 0 Å². The van der Waals surface area contributed by atoms with Gasteiger partial charge in [0.2, 0.25) is 0 Å². The van der Waals surface area contributed by atoms with Crippen molar-refractivity contribution < 1.29 is 0 Å². The van der Waals surface area contributed by atoms with Crippen LogP contribution < -0.4 is 5.32 Å². The van der Waals surface area contributed by atoms with Gasteiger partial charge in [-0.25, -0.2) is 4.09 Å². The SMILES string of the molecule is CC.CNc1cccc(C2(c3nn(S)cc3C)CC3(CC3)C2)c1. The van der Waals surface area contributed by atoms with E-state index in [4.69, 9.17) is 5.10 Å². The van der Waals surface area contributed by atoms with Gasteiger partial charge in [0.1, 0.15) is 0 Å². The first kappa shape index (κ1) is 16.4. The molecule has 0 bridgehead atoms. The fourth-order valence-electron chi connectivity index (χ4n) is 4.16. The summed E-state index contributed by atoms with van der Waals surface area (Å²) in [6, 6.07) is 8.81. The minimum absolute atomic E-state index is 0.0847. The fraction of sp³-hybridized carbons (Fsp3) is 0.526. The quantitative estimate of drug-likeness (QED) is 0.791. The molecular formula is C19H27N3S. The molecule has 2 aromatic rings. The smallest absolute Gasteiger partial charge is 0.0770 e. The van der Waals surface area contributed by atoms with E-state index in [-0.39, 0.29) is 5.41 Å². The summed E-state index contributed by atoms with van der Waals surface area (Å²) in [5.74, 6) is 0. The van der Waals surface area contributed by atoms with Crippen LogP contribution in [0.3, 0.4) is 0 Å². The summed E-state index contributed by atoms with van der Waals surface area (Å²) in [6.07, 6.45) is 7.26. The minimum Gasteiger partial charge on any atom is -0.388 e. The average molecular weight is 330 g/mol. The van der Waals surface area contributed by atoms with Crippen LogP contribution in [0, 0.1) is 12.3 Å². The molecule has 0 aliphatic heterocycles. The number of nitrogens with zero attached hydrogens (tertiary/aromatic N) is 2. The van der Waals surface area contributed by atoms with Crippen molar-refractivity contribution in [1.29, 1.82) is 0 Å². The van der Waals surface area contributed by atoms with E-state index in [1.807, 2.05) is 27.1 Å². The van der Waals surface area contributed by atoms with Crippen LogP contribution in [0.5, 0.6) is 0 Å². The second-order valence-corrected chi connectivity index (χ2v) is 7.26. The molecular weight excluding hydrogens is 302 g/mol. The Hall–Kier alpha value is -1.42. The highest BCUT2D eigenvalue weighted by molar-refractivity contribution is 7.78. The van der Waals surface area contributed by atoms with Gasteiger partial charge in [0.05, 0.1) is 5.69 Å². The molecule has 0 amide bonds. The predicted octanol–water partition coefficient (Wildman–Crippen LogP) is 4.81. The number of aryl methyl sites for hydroxylation is 1. The Balaban J connectivity index is 0.000000753. The van der Waals surface area contributed by atoms with Crippen LogP contribution in [0.2, 0.25) is 0 Å². The van der Waals surface area contributed by atoms with Gasteiger partial charge in [0.25, 0.3) is 0 Å². The molecule has 3 nitrogen and oxygen atoms in total. The Kier molecular flexibility index (Phi) is 4.21. The fourth-order valence-corrected chi connectivity index (χ4v) is 4.42. The summed E-state index contributed by atoms with van der Waals surface area (Å²) in [4.78, 5) is 0. The van der Waals surface area contributed by atoms with Crippen LogP contribution in [-0.4, -0.2) is 16.2 Å². The molecule has 1 N–H and O–H groups in total. The van der Waals surface area contributed by atoms with Crippen molar-refractivity contribution in [2.75, 3.05) is 12.4 Å². The van der Waals surface area contributed by atoms with Crippen molar-refractivity contribution >= 4 is 18.5 Å². The van der Waals surface area contributed by atoms with Gasteiger partial charge in [-0.1, -0.05) is 26.0 Å². The predicted molar refractivity (Wildman–Crippen MR) is 100 cm³/mol. The molecule has 2 aliphatic carbocycles. The highest BCUT2D eigenvalue weighted by Crippen LogP contribution is 2.70. The summed E-state index contributed by atoms with van der Waals surface area (Å²) >= 11 is 4.37. The zero-order chi connectivity index (χ0) is 16.7. The normalized spacial score (nSPS) is 19.5. The third-order valence-electron chi connectivity index (χ3n) is 5.35. The number of thiol groups is 1. The number of hydrogen-bond acceptors (Lipinski definition) is 3. The molecule has 4 rings (SSSR count). The van der Waals surface area contributed by atoms with E-state index in [0.29, 0.717) is 5.41 Å².